The van der Waals surface area contributed by atoms with Gasteiger partial charge in [0.05, 0.1) is 0 Å². The molecule has 0 spiro atoms. The van der Waals surface area contributed by atoms with Crippen LogP contribution in [-0.2, 0) is 0 Å². The van der Waals surface area contributed by atoms with Gasteiger partial charge in [-0.2, -0.15) is 0 Å². The molecule has 0 bridgehead atoms. The van der Waals surface area contributed by atoms with Gasteiger partial charge < -0.3 is 5.32 Å². The van der Waals surface area contributed by atoms with E-state index in [-0.39, 0.29) is 0 Å². The molecule has 2 heteroatoms. The summed E-state index contributed by atoms with van der Waals surface area (Å²) in [5, 5.41) is 3.58. The van der Waals surface area contributed by atoms with Gasteiger partial charge in [-0.3, -0.25) is 4.90 Å². The molecule has 1 saturated carbocycles. The highest BCUT2D eigenvalue weighted by Gasteiger charge is 2.41. The number of piperazine rings is 1. The predicted molar refractivity (Wildman–Crippen MR) is 69.6 cm³/mol. The lowest BCUT2D eigenvalue weighted by molar-refractivity contribution is 0.0752. The Balaban J connectivity index is 2.06. The van der Waals surface area contributed by atoms with Crippen LogP contribution >= 0.6 is 0 Å². The maximum Gasteiger partial charge on any atom is 0.0196 e. The minimum absolute atomic E-state index is 0.553. The van der Waals surface area contributed by atoms with Crippen LogP contribution in [0.5, 0.6) is 0 Å². The van der Waals surface area contributed by atoms with Crippen molar-refractivity contribution in [1.29, 1.82) is 0 Å². The Labute approximate surface area is 101 Å². The molecule has 4 unspecified atom stereocenters. The Morgan fingerprint density at radius 2 is 1.81 bits per heavy atom. The standard InChI is InChI=1S/C14H28N2/c1-10-6-14(4,5)7-13(10)16-9-11(2)15-8-12(16)3/h10-13,15H,6-9H2,1-5H3. The molecule has 94 valence electrons. The zero-order valence-corrected chi connectivity index (χ0v) is 11.6. The van der Waals surface area contributed by atoms with Crippen LogP contribution in [0.15, 0.2) is 0 Å². The van der Waals surface area contributed by atoms with Gasteiger partial charge in [-0.15, -0.1) is 0 Å². The second kappa shape index (κ2) is 4.30. The molecule has 0 radical (unpaired) electrons. The van der Waals surface area contributed by atoms with Crippen LogP contribution in [0.1, 0.15) is 47.5 Å². The summed E-state index contributed by atoms with van der Waals surface area (Å²) in [5.41, 5.74) is 0.553. The molecule has 2 aliphatic rings. The number of nitrogens with one attached hydrogen (secondary N) is 1. The molecule has 0 aromatic heterocycles. The van der Waals surface area contributed by atoms with Crippen LogP contribution in [0.3, 0.4) is 0 Å². The fraction of sp³-hybridized carbons (Fsp3) is 1.00. The van der Waals surface area contributed by atoms with Gasteiger partial charge >= 0.3 is 0 Å². The molecular formula is C14H28N2. The fourth-order valence-electron chi connectivity index (χ4n) is 3.81. The molecule has 0 aromatic rings. The topological polar surface area (TPSA) is 15.3 Å². The largest absolute Gasteiger partial charge is 0.311 e. The maximum atomic E-state index is 3.58. The van der Waals surface area contributed by atoms with Crippen molar-refractivity contribution in [3.63, 3.8) is 0 Å². The van der Waals surface area contributed by atoms with Gasteiger partial charge in [0.2, 0.25) is 0 Å². The molecule has 1 N–H and O–H groups in total. The van der Waals surface area contributed by atoms with Crippen molar-refractivity contribution in [3.05, 3.63) is 0 Å². The summed E-state index contributed by atoms with van der Waals surface area (Å²) >= 11 is 0. The first-order chi connectivity index (χ1) is 7.39. The first-order valence-corrected chi connectivity index (χ1v) is 6.88. The van der Waals surface area contributed by atoms with E-state index in [1.54, 1.807) is 0 Å². The zero-order valence-electron chi connectivity index (χ0n) is 11.6. The molecule has 1 aliphatic heterocycles. The molecule has 2 nitrogen and oxygen atoms in total. The van der Waals surface area contributed by atoms with Gasteiger partial charge in [-0.25, -0.2) is 0 Å². The normalized spacial score (nSPS) is 44.8. The van der Waals surface area contributed by atoms with Gasteiger partial charge in [0.25, 0.3) is 0 Å². The number of hydrogen-bond donors (Lipinski definition) is 1. The van der Waals surface area contributed by atoms with Crippen molar-refractivity contribution in [2.75, 3.05) is 13.1 Å². The Morgan fingerprint density at radius 1 is 1.12 bits per heavy atom. The number of nitrogens with zero attached hydrogens (tertiary/aromatic N) is 1. The van der Waals surface area contributed by atoms with Crippen molar-refractivity contribution in [3.8, 4) is 0 Å². The number of hydrogen-bond acceptors (Lipinski definition) is 2. The average molecular weight is 224 g/mol. The smallest absolute Gasteiger partial charge is 0.0196 e. The summed E-state index contributed by atoms with van der Waals surface area (Å²) < 4.78 is 0. The first kappa shape index (κ1) is 12.4. The van der Waals surface area contributed by atoms with E-state index in [1.807, 2.05) is 0 Å². The minimum Gasteiger partial charge on any atom is -0.311 e. The molecule has 4 atom stereocenters. The van der Waals surface area contributed by atoms with Gasteiger partial charge in [-0.1, -0.05) is 20.8 Å². The fourth-order valence-corrected chi connectivity index (χ4v) is 3.81. The summed E-state index contributed by atoms with van der Waals surface area (Å²) in [4.78, 5) is 2.76. The molecular weight excluding hydrogens is 196 g/mol. The van der Waals surface area contributed by atoms with Crippen LogP contribution in [0.25, 0.3) is 0 Å². The van der Waals surface area contributed by atoms with E-state index in [0.29, 0.717) is 17.5 Å². The van der Waals surface area contributed by atoms with E-state index in [4.69, 9.17) is 0 Å². The van der Waals surface area contributed by atoms with E-state index in [9.17, 15) is 0 Å². The van der Waals surface area contributed by atoms with Crippen molar-refractivity contribution >= 4 is 0 Å². The minimum atomic E-state index is 0.553. The molecule has 2 rings (SSSR count). The zero-order chi connectivity index (χ0) is 11.9. The first-order valence-electron chi connectivity index (χ1n) is 6.88. The van der Waals surface area contributed by atoms with Crippen molar-refractivity contribution in [2.24, 2.45) is 11.3 Å². The lowest BCUT2D eigenvalue weighted by atomic mass is 9.91. The van der Waals surface area contributed by atoms with Crippen LogP contribution in [-0.4, -0.2) is 36.1 Å². The summed E-state index contributed by atoms with van der Waals surface area (Å²) in [7, 11) is 0. The molecule has 1 heterocycles. The van der Waals surface area contributed by atoms with Gasteiger partial charge in [-0.05, 0) is 38.0 Å². The summed E-state index contributed by atoms with van der Waals surface area (Å²) in [6.45, 7) is 14.4. The third-order valence-corrected chi connectivity index (χ3v) is 4.53. The Bertz CT molecular complexity index is 249. The predicted octanol–water partition coefficient (Wildman–Crippen LogP) is 2.49. The van der Waals surface area contributed by atoms with Crippen LogP contribution < -0.4 is 5.32 Å². The summed E-state index contributed by atoms with van der Waals surface area (Å²) in [6, 6.07) is 2.18. The van der Waals surface area contributed by atoms with Crippen LogP contribution in [0, 0.1) is 11.3 Å². The SMILES string of the molecule is CC1CN(C2CC(C)(C)CC2C)C(C)CN1. The average Bonchev–Trinajstić information content (AvgIpc) is 2.44. The van der Waals surface area contributed by atoms with Crippen LogP contribution in [0.2, 0.25) is 0 Å². The Kier molecular flexibility index (Phi) is 3.33. The lowest BCUT2D eigenvalue weighted by Gasteiger charge is -2.43. The summed E-state index contributed by atoms with van der Waals surface area (Å²) in [6.07, 6.45) is 2.77. The highest BCUT2D eigenvalue weighted by atomic mass is 15.3. The van der Waals surface area contributed by atoms with E-state index in [1.165, 1.54) is 19.4 Å². The van der Waals surface area contributed by atoms with Gasteiger partial charge in [0.1, 0.15) is 0 Å². The maximum absolute atomic E-state index is 3.58. The van der Waals surface area contributed by atoms with Gasteiger partial charge in [0, 0.05) is 31.2 Å². The van der Waals surface area contributed by atoms with E-state index < -0.39 is 0 Å². The van der Waals surface area contributed by atoms with Gasteiger partial charge in [0.15, 0.2) is 0 Å². The monoisotopic (exact) mass is 224 g/mol. The van der Waals surface area contributed by atoms with E-state index in [0.717, 1.165) is 18.5 Å². The third kappa shape index (κ3) is 2.43. The Morgan fingerprint density at radius 3 is 2.38 bits per heavy atom. The summed E-state index contributed by atoms with van der Waals surface area (Å²) in [5.74, 6) is 0.864. The van der Waals surface area contributed by atoms with E-state index >= 15 is 0 Å². The van der Waals surface area contributed by atoms with Crippen molar-refractivity contribution in [2.45, 2.75) is 65.6 Å². The molecule has 0 aromatic carbocycles. The molecule has 0 amide bonds. The molecule has 1 aliphatic carbocycles. The van der Waals surface area contributed by atoms with Crippen LogP contribution in [0.4, 0.5) is 0 Å². The Hall–Kier alpha value is -0.0800. The molecule has 16 heavy (non-hydrogen) atoms. The second-order valence-electron chi connectivity index (χ2n) is 6.97. The quantitative estimate of drug-likeness (QED) is 0.736. The molecule has 1 saturated heterocycles. The third-order valence-electron chi connectivity index (χ3n) is 4.53. The van der Waals surface area contributed by atoms with E-state index in [2.05, 4.69) is 44.8 Å². The highest BCUT2D eigenvalue weighted by molar-refractivity contribution is 4.96. The molecule has 2 fully saturated rings. The number of rotatable bonds is 1. The van der Waals surface area contributed by atoms with Crippen molar-refractivity contribution < 1.29 is 0 Å². The van der Waals surface area contributed by atoms with Crippen molar-refractivity contribution in [1.82, 2.24) is 10.2 Å². The highest BCUT2D eigenvalue weighted by Crippen LogP contribution is 2.43. The lowest BCUT2D eigenvalue weighted by Crippen LogP contribution is -2.58. The second-order valence-corrected chi connectivity index (χ2v) is 6.97.